The Kier molecular flexibility index (Phi) is 5.58. The number of hydrogen-bond donors (Lipinski definition) is 4. The third-order valence-corrected chi connectivity index (χ3v) is 4.78. The van der Waals surface area contributed by atoms with Crippen molar-refractivity contribution in [2.75, 3.05) is 0 Å². The first-order valence-electron chi connectivity index (χ1n) is 9.50. The van der Waals surface area contributed by atoms with E-state index in [9.17, 15) is 4.79 Å². The van der Waals surface area contributed by atoms with Crippen LogP contribution in [-0.4, -0.2) is 24.5 Å². The molecule has 148 valence electrons. The number of urea groups is 1. The first kappa shape index (κ1) is 18.8. The Morgan fingerprint density at radius 1 is 1.07 bits per heavy atom. The lowest BCUT2D eigenvalue weighted by atomic mass is 10.0. The molecule has 4 N–H and O–H groups in total. The summed E-state index contributed by atoms with van der Waals surface area (Å²) in [7, 11) is 0. The molecule has 1 saturated heterocycles. The summed E-state index contributed by atoms with van der Waals surface area (Å²) in [6.45, 7) is 2.41. The number of amides is 2. The molecule has 3 aromatic carbocycles. The number of nitrogens with one attached hydrogen (secondary N) is 4. The SMILES string of the molecule is CC1NNC(=O)NC1N/N=C/c1c(OCc2ccccc2)ccc2ccccc12. The van der Waals surface area contributed by atoms with Gasteiger partial charge in [0.1, 0.15) is 18.5 Å². The van der Waals surface area contributed by atoms with E-state index in [0.717, 1.165) is 27.6 Å². The molecule has 2 atom stereocenters. The molecule has 2 unspecified atom stereocenters. The van der Waals surface area contributed by atoms with Gasteiger partial charge < -0.3 is 10.1 Å². The Labute approximate surface area is 169 Å². The van der Waals surface area contributed by atoms with Crippen molar-refractivity contribution in [1.29, 1.82) is 0 Å². The lowest BCUT2D eigenvalue weighted by Gasteiger charge is -2.30. The van der Waals surface area contributed by atoms with Gasteiger partial charge in [0.2, 0.25) is 0 Å². The molecule has 1 aliphatic heterocycles. The maximum absolute atomic E-state index is 11.5. The van der Waals surface area contributed by atoms with Crippen LogP contribution in [0.4, 0.5) is 4.79 Å². The fourth-order valence-corrected chi connectivity index (χ4v) is 3.16. The molecular formula is C22H23N5O2. The monoisotopic (exact) mass is 389 g/mol. The van der Waals surface area contributed by atoms with Crippen molar-refractivity contribution in [3.8, 4) is 5.75 Å². The van der Waals surface area contributed by atoms with Crippen LogP contribution in [0.1, 0.15) is 18.1 Å². The van der Waals surface area contributed by atoms with E-state index in [0.29, 0.717) is 6.61 Å². The Morgan fingerprint density at radius 2 is 1.86 bits per heavy atom. The maximum atomic E-state index is 11.5. The topological polar surface area (TPSA) is 86.8 Å². The van der Waals surface area contributed by atoms with Gasteiger partial charge in [-0.05, 0) is 29.3 Å². The van der Waals surface area contributed by atoms with Crippen LogP contribution in [0, 0.1) is 0 Å². The van der Waals surface area contributed by atoms with Gasteiger partial charge in [-0.1, -0.05) is 60.7 Å². The molecule has 0 spiro atoms. The smallest absolute Gasteiger partial charge is 0.330 e. The van der Waals surface area contributed by atoms with E-state index in [2.05, 4.69) is 32.8 Å². The molecule has 7 heteroatoms. The minimum Gasteiger partial charge on any atom is -0.488 e. The number of hydrazine groups is 1. The Bertz CT molecular complexity index is 1020. The summed E-state index contributed by atoms with van der Waals surface area (Å²) in [6, 6.07) is 21.8. The first-order chi connectivity index (χ1) is 14.2. The van der Waals surface area contributed by atoms with E-state index in [-0.39, 0.29) is 18.2 Å². The standard InChI is InChI=1S/C22H23N5O2/c1-15-21(24-22(28)27-25-15)26-23-13-19-18-10-6-5-9-17(18)11-12-20(19)29-14-16-7-3-2-4-8-16/h2-13,15,21,25-26H,14H2,1H3,(H2,24,27,28)/b23-13+. The molecule has 29 heavy (non-hydrogen) atoms. The van der Waals surface area contributed by atoms with Gasteiger partial charge in [-0.15, -0.1) is 0 Å². The zero-order valence-corrected chi connectivity index (χ0v) is 16.1. The van der Waals surface area contributed by atoms with Crippen LogP contribution in [0.2, 0.25) is 0 Å². The van der Waals surface area contributed by atoms with Crippen molar-refractivity contribution >= 4 is 23.0 Å². The molecule has 0 saturated carbocycles. The zero-order valence-electron chi connectivity index (χ0n) is 16.1. The Hall–Kier alpha value is -3.58. The highest BCUT2D eigenvalue weighted by Crippen LogP contribution is 2.27. The molecule has 2 amide bonds. The van der Waals surface area contributed by atoms with Crippen molar-refractivity contribution < 1.29 is 9.53 Å². The fraction of sp³-hybridized carbons (Fsp3) is 0.182. The number of hydrogen-bond acceptors (Lipinski definition) is 5. The molecule has 0 aliphatic carbocycles. The van der Waals surface area contributed by atoms with Crippen molar-refractivity contribution in [3.63, 3.8) is 0 Å². The van der Waals surface area contributed by atoms with Crippen LogP contribution < -0.4 is 26.3 Å². The molecule has 0 aromatic heterocycles. The number of hydrazone groups is 1. The summed E-state index contributed by atoms with van der Waals surface area (Å²) in [5.74, 6) is 0.749. The molecular weight excluding hydrogens is 366 g/mol. The number of rotatable bonds is 6. The minimum atomic E-state index is -0.330. The summed E-state index contributed by atoms with van der Waals surface area (Å²) in [5.41, 5.74) is 10.4. The van der Waals surface area contributed by atoms with Crippen LogP contribution >= 0.6 is 0 Å². The molecule has 3 aromatic rings. The predicted molar refractivity (Wildman–Crippen MR) is 114 cm³/mol. The second-order valence-corrected chi connectivity index (χ2v) is 6.87. The van der Waals surface area contributed by atoms with Gasteiger partial charge >= 0.3 is 6.03 Å². The lowest BCUT2D eigenvalue weighted by molar-refractivity contribution is 0.202. The number of fused-ring (bicyclic) bond motifs is 1. The van der Waals surface area contributed by atoms with Gasteiger partial charge in [0, 0.05) is 5.56 Å². The van der Waals surface area contributed by atoms with Gasteiger partial charge in [-0.25, -0.2) is 10.2 Å². The Balaban J connectivity index is 1.57. The van der Waals surface area contributed by atoms with Gasteiger partial charge in [0.05, 0.1) is 12.3 Å². The number of ether oxygens (including phenoxy) is 1. The zero-order chi connectivity index (χ0) is 20.1. The molecule has 0 radical (unpaired) electrons. The quantitative estimate of drug-likeness (QED) is 0.386. The van der Waals surface area contributed by atoms with Crippen molar-refractivity contribution in [3.05, 3.63) is 77.9 Å². The average Bonchev–Trinajstić information content (AvgIpc) is 2.76. The number of benzene rings is 3. The van der Waals surface area contributed by atoms with Gasteiger partial charge in [-0.3, -0.25) is 10.9 Å². The fourth-order valence-electron chi connectivity index (χ4n) is 3.16. The number of carbonyl (C=O) groups is 1. The summed E-state index contributed by atoms with van der Waals surface area (Å²) in [4.78, 5) is 11.5. The van der Waals surface area contributed by atoms with E-state index in [4.69, 9.17) is 4.74 Å². The second kappa shape index (κ2) is 8.62. The van der Waals surface area contributed by atoms with Gasteiger partial charge in [0.15, 0.2) is 0 Å². The highest BCUT2D eigenvalue weighted by Gasteiger charge is 2.23. The average molecular weight is 389 g/mol. The third kappa shape index (κ3) is 4.47. The van der Waals surface area contributed by atoms with E-state index in [1.807, 2.05) is 67.6 Å². The largest absolute Gasteiger partial charge is 0.488 e. The van der Waals surface area contributed by atoms with Crippen LogP contribution in [0.3, 0.4) is 0 Å². The second-order valence-electron chi connectivity index (χ2n) is 6.87. The number of carbonyl (C=O) groups excluding carboxylic acids is 1. The van der Waals surface area contributed by atoms with Crippen LogP contribution in [0.5, 0.6) is 5.75 Å². The van der Waals surface area contributed by atoms with Gasteiger partial charge in [0.25, 0.3) is 0 Å². The molecule has 4 rings (SSSR count). The molecule has 1 heterocycles. The highest BCUT2D eigenvalue weighted by molar-refractivity contribution is 6.02. The van der Waals surface area contributed by atoms with E-state index >= 15 is 0 Å². The molecule has 7 nitrogen and oxygen atoms in total. The third-order valence-electron chi connectivity index (χ3n) is 4.78. The van der Waals surface area contributed by atoms with Gasteiger partial charge in [-0.2, -0.15) is 5.10 Å². The summed E-state index contributed by atoms with van der Waals surface area (Å²) in [6.07, 6.45) is 1.41. The summed E-state index contributed by atoms with van der Waals surface area (Å²) < 4.78 is 6.10. The van der Waals surface area contributed by atoms with E-state index < -0.39 is 0 Å². The molecule has 1 fully saturated rings. The highest BCUT2D eigenvalue weighted by atomic mass is 16.5. The molecule has 1 aliphatic rings. The number of nitrogens with zero attached hydrogens (tertiary/aromatic N) is 1. The van der Waals surface area contributed by atoms with Crippen molar-refractivity contribution in [2.45, 2.75) is 25.7 Å². The van der Waals surface area contributed by atoms with E-state index in [1.54, 1.807) is 6.21 Å². The summed E-state index contributed by atoms with van der Waals surface area (Å²) in [5, 5.41) is 9.31. The minimum absolute atomic E-state index is 0.0360. The van der Waals surface area contributed by atoms with Crippen LogP contribution in [-0.2, 0) is 6.61 Å². The molecule has 0 bridgehead atoms. The summed E-state index contributed by atoms with van der Waals surface area (Å²) >= 11 is 0. The Morgan fingerprint density at radius 3 is 2.72 bits per heavy atom. The van der Waals surface area contributed by atoms with Crippen LogP contribution in [0.25, 0.3) is 10.8 Å². The van der Waals surface area contributed by atoms with E-state index in [1.165, 1.54) is 0 Å². The normalized spacial score (nSPS) is 19.0. The van der Waals surface area contributed by atoms with Crippen molar-refractivity contribution in [1.82, 2.24) is 21.6 Å². The first-order valence-corrected chi connectivity index (χ1v) is 9.50. The van der Waals surface area contributed by atoms with Crippen molar-refractivity contribution in [2.24, 2.45) is 5.10 Å². The maximum Gasteiger partial charge on any atom is 0.330 e. The van der Waals surface area contributed by atoms with Crippen LogP contribution in [0.15, 0.2) is 71.8 Å². The predicted octanol–water partition coefficient (Wildman–Crippen LogP) is 2.87. The lowest BCUT2D eigenvalue weighted by Crippen LogP contribution is -2.67.